The first-order valence-corrected chi connectivity index (χ1v) is 17.0. The lowest BCUT2D eigenvalue weighted by molar-refractivity contribution is 0.0977. The molecule has 15 nitrogen and oxygen atoms in total. The largest absolute Gasteiger partial charge is 0.506 e. The second-order valence-corrected chi connectivity index (χ2v) is 13.0. The van der Waals surface area contributed by atoms with Crippen molar-refractivity contribution in [3.8, 4) is 5.75 Å². The number of primary amides is 1. The van der Waals surface area contributed by atoms with Crippen molar-refractivity contribution in [2.45, 2.75) is 67.7 Å². The summed E-state index contributed by atoms with van der Waals surface area (Å²) >= 11 is 0. The molecule has 2 aromatic carbocycles. The fraction of sp³-hybridized carbons (Fsp3) is 0.324. The average molecular weight is 706 g/mol. The number of amides is 3. The first kappa shape index (κ1) is 35.6. The van der Waals surface area contributed by atoms with Crippen molar-refractivity contribution in [2.24, 2.45) is 29.8 Å². The van der Waals surface area contributed by atoms with Crippen LogP contribution in [0.5, 0.6) is 5.75 Å². The van der Waals surface area contributed by atoms with Crippen molar-refractivity contribution in [1.29, 1.82) is 0 Å². The van der Waals surface area contributed by atoms with Crippen molar-refractivity contribution in [1.82, 2.24) is 37.8 Å². The van der Waals surface area contributed by atoms with Gasteiger partial charge in [0.15, 0.2) is 0 Å². The maximum atomic E-state index is 13.7. The van der Waals surface area contributed by atoms with E-state index in [0.717, 1.165) is 27.9 Å². The van der Waals surface area contributed by atoms with Crippen molar-refractivity contribution < 1.29 is 19.5 Å². The second kappa shape index (κ2) is 13.8. The van der Waals surface area contributed by atoms with Crippen LogP contribution >= 0.6 is 0 Å². The Morgan fingerprint density at radius 1 is 0.731 bits per heavy atom. The molecule has 270 valence electrons. The highest BCUT2D eigenvalue weighted by molar-refractivity contribution is 5.98. The molecular weight excluding hydrogens is 662 g/mol. The van der Waals surface area contributed by atoms with E-state index in [4.69, 9.17) is 5.73 Å². The van der Waals surface area contributed by atoms with Crippen LogP contribution in [0.3, 0.4) is 0 Å². The fourth-order valence-corrected chi connectivity index (χ4v) is 6.57. The third kappa shape index (κ3) is 6.29. The minimum absolute atomic E-state index is 0.120. The van der Waals surface area contributed by atoms with E-state index in [-0.39, 0.29) is 23.5 Å². The number of aryl methyl sites for hydroxylation is 6. The monoisotopic (exact) mass is 705 g/mol. The molecule has 4 heterocycles. The molecule has 0 fully saturated rings. The second-order valence-electron chi connectivity index (χ2n) is 13.0. The van der Waals surface area contributed by atoms with E-state index in [1.807, 2.05) is 82.0 Å². The van der Waals surface area contributed by atoms with Crippen LogP contribution in [0, 0.1) is 13.8 Å². The van der Waals surface area contributed by atoms with Gasteiger partial charge in [0.05, 0.1) is 27.9 Å². The summed E-state index contributed by atoms with van der Waals surface area (Å²) in [5.74, 6) is -1.78. The number of rotatable bonds is 9. The van der Waals surface area contributed by atoms with Gasteiger partial charge in [0.2, 0.25) is 17.1 Å². The highest BCUT2D eigenvalue weighted by Gasteiger charge is 2.21. The van der Waals surface area contributed by atoms with Crippen LogP contribution in [0.4, 0.5) is 0 Å². The van der Waals surface area contributed by atoms with Gasteiger partial charge in [-0.15, -0.1) is 0 Å². The highest BCUT2D eigenvalue weighted by Crippen LogP contribution is 2.27. The average Bonchev–Trinajstić information content (AvgIpc) is 3.83. The van der Waals surface area contributed by atoms with Gasteiger partial charge in [-0.25, -0.2) is 0 Å². The Kier molecular flexibility index (Phi) is 9.45. The molecule has 15 heteroatoms. The zero-order valence-electron chi connectivity index (χ0n) is 30.7. The van der Waals surface area contributed by atoms with Gasteiger partial charge in [0.1, 0.15) is 22.7 Å². The summed E-state index contributed by atoms with van der Waals surface area (Å²) < 4.78 is 10.6. The van der Waals surface area contributed by atoms with Crippen LogP contribution < -0.4 is 17.0 Å². The van der Waals surface area contributed by atoms with Gasteiger partial charge in [0, 0.05) is 45.8 Å². The molecule has 0 aliphatic carbocycles. The Hall–Kier alpha value is -6.25. The molecule has 0 radical (unpaired) electrons. The van der Waals surface area contributed by atoms with Gasteiger partial charge in [-0.2, -0.15) is 20.2 Å². The van der Waals surface area contributed by atoms with Gasteiger partial charge in [-0.1, -0.05) is 23.3 Å². The molecule has 0 bridgehead atoms. The standard InChI is InChI=1S/C37H43N11O4/c1-9-47-29(15-23(5)41-47)34(51)39-36-43(7)26-13-11-12-14-27(26)45(36)19-21(3)22(4)20-46-32-28(17-25(33(38)50)18-31(32)49)44(8)37(46)40-35(52)30-16-24(6)42-48(30)10-2/h11-18,49H,9-10,19-20H2,1-8H3,(H2,38,50)/b22-21+,39-36?,40-37?. The number of para-hydroxylation sites is 2. The predicted molar refractivity (Wildman–Crippen MR) is 195 cm³/mol. The fourth-order valence-electron chi connectivity index (χ4n) is 6.57. The minimum atomic E-state index is -0.699. The number of fused-ring (bicyclic) bond motifs is 2. The number of hydrogen-bond acceptors (Lipinski definition) is 6. The van der Waals surface area contributed by atoms with Crippen LogP contribution in [0.15, 0.2) is 69.7 Å². The molecule has 3 N–H and O–H groups in total. The van der Waals surface area contributed by atoms with Crippen molar-refractivity contribution in [3.63, 3.8) is 0 Å². The van der Waals surface area contributed by atoms with Crippen molar-refractivity contribution in [2.75, 3.05) is 0 Å². The van der Waals surface area contributed by atoms with E-state index in [2.05, 4.69) is 20.2 Å². The Labute approximate surface area is 299 Å². The van der Waals surface area contributed by atoms with Crippen LogP contribution in [-0.4, -0.2) is 60.7 Å². The van der Waals surface area contributed by atoms with E-state index >= 15 is 0 Å². The third-order valence-corrected chi connectivity index (χ3v) is 9.37. The van der Waals surface area contributed by atoms with E-state index in [0.29, 0.717) is 53.4 Å². The SMILES string of the molecule is CCn1nc(C)cc1C(=O)N=c1n(C)c2ccccc2n1C/C(C)=C(\C)Cn1c(=NC(=O)c2cc(C)nn2CC)n(C)c2cc(C(N)=O)cc(O)c21. The molecular formula is C37H43N11O4. The summed E-state index contributed by atoms with van der Waals surface area (Å²) in [4.78, 5) is 48.5. The molecule has 0 unspecified atom stereocenters. The van der Waals surface area contributed by atoms with Crippen LogP contribution in [0.1, 0.15) is 70.4 Å². The Balaban J connectivity index is 1.50. The maximum Gasteiger partial charge on any atom is 0.298 e. The Morgan fingerprint density at radius 3 is 1.73 bits per heavy atom. The molecule has 3 amide bonds. The van der Waals surface area contributed by atoms with Crippen molar-refractivity contribution >= 4 is 39.8 Å². The number of aromatic nitrogens is 8. The number of nitrogens with zero attached hydrogens (tertiary/aromatic N) is 10. The molecule has 52 heavy (non-hydrogen) atoms. The zero-order chi connectivity index (χ0) is 37.6. The highest BCUT2D eigenvalue weighted by atomic mass is 16.3. The van der Waals surface area contributed by atoms with Crippen LogP contribution in [0.25, 0.3) is 22.1 Å². The quantitative estimate of drug-likeness (QED) is 0.217. The van der Waals surface area contributed by atoms with Crippen LogP contribution in [0.2, 0.25) is 0 Å². The van der Waals surface area contributed by atoms with Gasteiger partial charge >= 0.3 is 0 Å². The van der Waals surface area contributed by atoms with E-state index in [1.54, 1.807) is 43.7 Å². The molecule has 0 spiro atoms. The topological polar surface area (TPSA) is 178 Å². The number of nitrogens with two attached hydrogens (primary N) is 1. The molecule has 0 aliphatic heterocycles. The summed E-state index contributed by atoms with van der Waals surface area (Å²) in [5, 5.41) is 20.1. The number of hydrogen-bond donors (Lipinski definition) is 2. The lowest BCUT2D eigenvalue weighted by atomic mass is 10.1. The lowest BCUT2D eigenvalue weighted by Gasteiger charge is -2.13. The van der Waals surface area contributed by atoms with Gasteiger partial charge in [0.25, 0.3) is 11.8 Å². The number of benzene rings is 2. The van der Waals surface area contributed by atoms with Gasteiger partial charge in [-0.3, -0.25) is 23.7 Å². The smallest absolute Gasteiger partial charge is 0.298 e. The maximum absolute atomic E-state index is 13.7. The Morgan fingerprint density at radius 2 is 1.21 bits per heavy atom. The zero-order valence-corrected chi connectivity index (χ0v) is 30.7. The number of phenolic OH excluding ortho intramolecular Hbond substituents is 1. The summed E-state index contributed by atoms with van der Waals surface area (Å²) in [6.45, 7) is 13.1. The molecule has 0 saturated carbocycles. The number of carbonyl (C=O) groups excluding carboxylic acids is 3. The van der Waals surface area contributed by atoms with Crippen molar-refractivity contribution in [3.05, 3.63) is 99.3 Å². The van der Waals surface area contributed by atoms with E-state index in [9.17, 15) is 19.5 Å². The third-order valence-electron chi connectivity index (χ3n) is 9.37. The van der Waals surface area contributed by atoms with Gasteiger partial charge in [-0.05, 0) is 77.9 Å². The van der Waals surface area contributed by atoms with E-state index < -0.39 is 17.7 Å². The number of carbonyl (C=O) groups is 3. The normalized spacial score (nSPS) is 13.1. The molecule has 6 aromatic rings. The summed E-state index contributed by atoms with van der Waals surface area (Å²) in [6.07, 6.45) is 0. The lowest BCUT2D eigenvalue weighted by Crippen LogP contribution is -2.28. The molecule has 0 aliphatic rings. The summed E-state index contributed by atoms with van der Waals surface area (Å²) in [7, 11) is 3.59. The number of phenols is 1. The first-order chi connectivity index (χ1) is 24.7. The summed E-state index contributed by atoms with van der Waals surface area (Å²) in [6, 6.07) is 14.2. The number of allylic oxidation sites excluding steroid dienone is 2. The molecule has 0 atom stereocenters. The number of imidazole rings is 2. The van der Waals surface area contributed by atoms with E-state index in [1.165, 1.54) is 6.07 Å². The first-order valence-electron chi connectivity index (χ1n) is 17.0. The Bertz CT molecular complexity index is 2600. The van der Waals surface area contributed by atoms with Crippen LogP contribution in [-0.2, 0) is 40.3 Å². The summed E-state index contributed by atoms with van der Waals surface area (Å²) in [5.41, 5.74) is 13.1. The molecule has 0 saturated heterocycles. The minimum Gasteiger partial charge on any atom is -0.506 e. The molecule has 6 rings (SSSR count). The number of aromatic hydroxyl groups is 1. The predicted octanol–water partition coefficient (Wildman–Crippen LogP) is 3.65. The van der Waals surface area contributed by atoms with Gasteiger partial charge < -0.3 is 29.1 Å². The molecule has 4 aromatic heterocycles.